The maximum atomic E-state index is 6.82. The second kappa shape index (κ2) is 11.2. The molecule has 5 heteroatoms. The number of hydrogen-bond donors (Lipinski definition) is 0. The van der Waals surface area contributed by atoms with E-state index in [0.717, 1.165) is 77.6 Å². The van der Waals surface area contributed by atoms with Gasteiger partial charge < -0.3 is 18.2 Å². The number of anilines is 3. The Bertz CT molecular complexity index is 3130. The molecule has 3 aromatic heterocycles. The first-order valence-electron chi connectivity index (χ1n) is 17.4. The summed E-state index contributed by atoms with van der Waals surface area (Å²) in [4.78, 5) is 7.38. The van der Waals surface area contributed by atoms with Gasteiger partial charge in [0.15, 0.2) is 11.2 Å². The minimum atomic E-state index is 0.544. The highest BCUT2D eigenvalue weighted by Gasteiger charge is 2.27. The number of fused-ring (bicyclic) bond motifs is 9. The Hall–Kier alpha value is -7.11. The first kappa shape index (κ1) is 28.7. The Morgan fingerprint density at radius 2 is 1.10 bits per heavy atom. The van der Waals surface area contributed by atoms with E-state index < -0.39 is 0 Å². The normalized spacial score (nSPS) is 11.8. The van der Waals surface area contributed by atoms with Crippen LogP contribution >= 0.6 is 0 Å². The first-order chi connectivity index (χ1) is 25.8. The standard InChI is InChI=1S/C47H28N2O3/c1-2-13-31(14-3-1)47-48-44-43-37-18-7-9-23-41(37)50-42(43)28-39(46(44)52-47)49(38-21-11-20-36-35-17-6-8-22-40(35)51-45(36)38)32-26-24-30(25-27-32)34-19-10-15-29-12-4-5-16-33(29)34/h1-28H. The van der Waals surface area contributed by atoms with E-state index in [2.05, 4.69) is 108 Å². The molecule has 0 fully saturated rings. The monoisotopic (exact) mass is 668 g/mol. The van der Waals surface area contributed by atoms with E-state index in [0.29, 0.717) is 11.5 Å². The maximum absolute atomic E-state index is 6.82. The van der Waals surface area contributed by atoms with Crippen molar-refractivity contribution in [1.29, 1.82) is 0 Å². The summed E-state index contributed by atoms with van der Waals surface area (Å²) in [5, 5.41) is 6.45. The van der Waals surface area contributed by atoms with Gasteiger partial charge >= 0.3 is 0 Å². The van der Waals surface area contributed by atoms with Gasteiger partial charge in [-0.3, -0.25) is 0 Å². The van der Waals surface area contributed by atoms with Crippen LogP contribution < -0.4 is 4.90 Å². The molecule has 0 aliphatic rings. The van der Waals surface area contributed by atoms with Gasteiger partial charge in [-0.05, 0) is 64.4 Å². The molecule has 3 heterocycles. The van der Waals surface area contributed by atoms with Crippen LogP contribution in [0.3, 0.4) is 0 Å². The first-order valence-corrected chi connectivity index (χ1v) is 17.4. The largest absolute Gasteiger partial charge is 0.456 e. The van der Waals surface area contributed by atoms with Gasteiger partial charge in [0.05, 0.1) is 16.8 Å². The molecule has 0 spiro atoms. The smallest absolute Gasteiger partial charge is 0.227 e. The number of furan rings is 2. The number of aromatic nitrogens is 1. The minimum Gasteiger partial charge on any atom is -0.456 e. The summed E-state index contributed by atoms with van der Waals surface area (Å²) in [5.41, 5.74) is 10.4. The molecule has 5 nitrogen and oxygen atoms in total. The van der Waals surface area contributed by atoms with Crippen LogP contribution in [-0.2, 0) is 0 Å². The van der Waals surface area contributed by atoms with E-state index in [-0.39, 0.29) is 0 Å². The van der Waals surface area contributed by atoms with Crippen molar-refractivity contribution in [3.63, 3.8) is 0 Å². The fourth-order valence-corrected chi connectivity index (χ4v) is 7.72. The van der Waals surface area contributed by atoms with E-state index in [1.54, 1.807) is 0 Å². The summed E-state index contributed by atoms with van der Waals surface area (Å²) in [6.45, 7) is 0. The molecule has 8 aromatic carbocycles. The lowest BCUT2D eigenvalue weighted by Crippen LogP contribution is -2.10. The van der Waals surface area contributed by atoms with Crippen molar-refractivity contribution in [1.82, 2.24) is 4.98 Å². The van der Waals surface area contributed by atoms with Crippen LogP contribution in [0.4, 0.5) is 17.1 Å². The highest BCUT2D eigenvalue weighted by molar-refractivity contribution is 6.21. The Morgan fingerprint density at radius 3 is 1.94 bits per heavy atom. The summed E-state index contributed by atoms with van der Waals surface area (Å²) in [7, 11) is 0. The van der Waals surface area contributed by atoms with Gasteiger partial charge in [-0.25, -0.2) is 4.98 Å². The molecule has 0 N–H and O–H groups in total. The van der Waals surface area contributed by atoms with Gasteiger partial charge in [-0.1, -0.05) is 121 Å². The van der Waals surface area contributed by atoms with Crippen molar-refractivity contribution < 1.29 is 13.3 Å². The Kier molecular flexibility index (Phi) is 6.18. The third-order valence-electron chi connectivity index (χ3n) is 10.1. The number of rotatable bonds is 5. The highest BCUT2D eigenvalue weighted by Crippen LogP contribution is 2.48. The van der Waals surface area contributed by atoms with Gasteiger partial charge in [0.25, 0.3) is 0 Å². The van der Waals surface area contributed by atoms with Gasteiger partial charge in [-0.15, -0.1) is 0 Å². The van der Waals surface area contributed by atoms with Crippen LogP contribution in [0.1, 0.15) is 0 Å². The maximum Gasteiger partial charge on any atom is 0.227 e. The molecule has 11 aromatic rings. The lowest BCUT2D eigenvalue weighted by atomic mass is 9.98. The molecular weight excluding hydrogens is 641 g/mol. The molecular formula is C47H28N2O3. The van der Waals surface area contributed by atoms with Crippen LogP contribution in [0.25, 0.3) is 88.3 Å². The zero-order valence-electron chi connectivity index (χ0n) is 27.8. The number of para-hydroxylation sites is 3. The molecule has 0 aliphatic carbocycles. The Balaban J connectivity index is 1.21. The molecule has 0 saturated heterocycles. The quantitative estimate of drug-likeness (QED) is 0.183. The molecule has 0 aliphatic heterocycles. The fourth-order valence-electron chi connectivity index (χ4n) is 7.72. The molecule has 52 heavy (non-hydrogen) atoms. The molecule has 244 valence electrons. The second-order valence-corrected chi connectivity index (χ2v) is 13.1. The van der Waals surface area contributed by atoms with Gasteiger partial charge in [0.1, 0.15) is 22.3 Å². The summed E-state index contributed by atoms with van der Waals surface area (Å²) in [6.07, 6.45) is 0. The number of nitrogens with zero attached hydrogens (tertiary/aromatic N) is 2. The zero-order valence-corrected chi connectivity index (χ0v) is 27.8. The van der Waals surface area contributed by atoms with Crippen molar-refractivity contribution in [3.8, 4) is 22.6 Å². The second-order valence-electron chi connectivity index (χ2n) is 13.1. The zero-order chi connectivity index (χ0) is 34.2. The molecule has 0 saturated carbocycles. The lowest BCUT2D eigenvalue weighted by molar-refractivity contribution is 0.619. The summed E-state index contributed by atoms with van der Waals surface area (Å²) < 4.78 is 20.0. The van der Waals surface area contributed by atoms with E-state index >= 15 is 0 Å². The Morgan fingerprint density at radius 1 is 0.423 bits per heavy atom. The van der Waals surface area contributed by atoms with Crippen LogP contribution in [0.15, 0.2) is 183 Å². The number of oxazole rings is 1. The van der Waals surface area contributed by atoms with Crippen LogP contribution in [0.5, 0.6) is 0 Å². The fraction of sp³-hybridized carbons (Fsp3) is 0. The summed E-state index contributed by atoms with van der Waals surface area (Å²) >= 11 is 0. The van der Waals surface area contributed by atoms with E-state index in [1.807, 2.05) is 66.7 Å². The minimum absolute atomic E-state index is 0.544. The number of hydrogen-bond acceptors (Lipinski definition) is 5. The number of benzene rings is 8. The van der Waals surface area contributed by atoms with Crippen molar-refractivity contribution in [3.05, 3.63) is 170 Å². The van der Waals surface area contributed by atoms with Gasteiger partial charge in [0.2, 0.25) is 5.89 Å². The molecule has 11 rings (SSSR count). The molecule has 0 atom stereocenters. The van der Waals surface area contributed by atoms with E-state index in [1.165, 1.54) is 16.3 Å². The SMILES string of the molecule is c1ccc(-c2nc3c(o2)c(N(c2ccc(-c4cccc5ccccc45)cc2)c2cccc4c2oc2ccccc24)cc2oc4ccccc4c23)cc1. The van der Waals surface area contributed by atoms with Crippen molar-refractivity contribution in [2.45, 2.75) is 0 Å². The van der Waals surface area contributed by atoms with E-state index in [4.69, 9.17) is 18.2 Å². The Labute approximate surface area is 297 Å². The highest BCUT2D eigenvalue weighted by atomic mass is 16.4. The third kappa shape index (κ3) is 4.33. The molecule has 0 amide bonds. The summed E-state index contributed by atoms with van der Waals surface area (Å²) in [5.74, 6) is 0.544. The molecule has 0 unspecified atom stereocenters. The predicted molar refractivity (Wildman–Crippen MR) is 212 cm³/mol. The molecule has 0 radical (unpaired) electrons. The van der Waals surface area contributed by atoms with Crippen molar-refractivity contribution in [2.24, 2.45) is 0 Å². The van der Waals surface area contributed by atoms with Crippen LogP contribution in [-0.4, -0.2) is 4.98 Å². The predicted octanol–water partition coefficient (Wildman–Crippen LogP) is 13.6. The average Bonchev–Trinajstić information content (AvgIpc) is 3.92. The van der Waals surface area contributed by atoms with E-state index in [9.17, 15) is 0 Å². The van der Waals surface area contributed by atoms with Crippen molar-refractivity contribution >= 4 is 82.8 Å². The summed E-state index contributed by atoms with van der Waals surface area (Å²) in [6, 6.07) is 58.4. The average molecular weight is 669 g/mol. The topological polar surface area (TPSA) is 55.6 Å². The molecule has 0 bridgehead atoms. The third-order valence-corrected chi connectivity index (χ3v) is 10.1. The lowest BCUT2D eigenvalue weighted by Gasteiger charge is -2.25. The van der Waals surface area contributed by atoms with Crippen LogP contribution in [0, 0.1) is 0 Å². The van der Waals surface area contributed by atoms with Gasteiger partial charge in [0, 0.05) is 33.5 Å². The van der Waals surface area contributed by atoms with Gasteiger partial charge in [-0.2, -0.15) is 0 Å². The van der Waals surface area contributed by atoms with Crippen LogP contribution in [0.2, 0.25) is 0 Å². The van der Waals surface area contributed by atoms with Crippen molar-refractivity contribution in [2.75, 3.05) is 4.90 Å².